The molecule has 0 unspecified atom stereocenters. The maximum Gasteiger partial charge on any atom is 0.282 e. The van der Waals surface area contributed by atoms with Crippen LogP contribution in [0.25, 0.3) is 0 Å². The Bertz CT molecular complexity index is 420. The van der Waals surface area contributed by atoms with Crippen LogP contribution in [-0.4, -0.2) is 42.4 Å². The molecule has 7 heteroatoms. The molecule has 0 spiro atoms. The van der Waals surface area contributed by atoms with Crippen LogP contribution < -0.4 is 10.6 Å². The Hall–Kier alpha value is -1.21. The van der Waals surface area contributed by atoms with Crippen LogP contribution >= 0.6 is 11.3 Å². The third kappa shape index (κ3) is 5.42. The second-order valence-corrected chi connectivity index (χ2v) is 5.94. The molecule has 1 heterocycles. The summed E-state index contributed by atoms with van der Waals surface area (Å²) in [5.74, 6) is 0.634. The number of rotatable bonds is 10. The lowest BCUT2D eigenvalue weighted by atomic mass is 10.4. The molecule has 1 amide bonds. The number of hydrogen-bond donors (Lipinski definition) is 2. The Morgan fingerprint density at radius 1 is 1.40 bits per heavy atom. The number of nitrogens with one attached hydrogen (secondary N) is 2. The average molecular weight is 298 g/mol. The Labute approximate surface area is 123 Å². The largest absolute Gasteiger partial charge is 0.381 e. The van der Waals surface area contributed by atoms with Crippen LogP contribution in [0.1, 0.15) is 42.4 Å². The van der Waals surface area contributed by atoms with E-state index in [-0.39, 0.29) is 5.91 Å². The Balaban J connectivity index is 1.57. The maximum atomic E-state index is 11.8. The summed E-state index contributed by atoms with van der Waals surface area (Å²) in [5, 5.41) is 14.9. The van der Waals surface area contributed by atoms with Gasteiger partial charge in [0.1, 0.15) is 0 Å². The van der Waals surface area contributed by atoms with E-state index in [1.807, 2.05) is 0 Å². The van der Waals surface area contributed by atoms with Gasteiger partial charge in [-0.05, 0) is 31.6 Å². The SMILES string of the molecule is CCCNc1nnc(C(=O)NCCCOCC2CC2)s1. The summed E-state index contributed by atoms with van der Waals surface area (Å²) < 4.78 is 5.51. The van der Waals surface area contributed by atoms with E-state index in [2.05, 4.69) is 27.8 Å². The van der Waals surface area contributed by atoms with Gasteiger partial charge in [0.25, 0.3) is 5.91 Å². The third-order valence-electron chi connectivity index (χ3n) is 2.95. The standard InChI is InChI=1S/C13H22N4O2S/c1-2-6-15-13-17-16-12(20-13)11(18)14-7-3-8-19-9-10-4-5-10/h10H,2-9H2,1H3,(H,14,18)(H,15,17). The zero-order valence-electron chi connectivity index (χ0n) is 11.9. The highest BCUT2D eigenvalue weighted by molar-refractivity contribution is 7.17. The highest BCUT2D eigenvalue weighted by atomic mass is 32.1. The van der Waals surface area contributed by atoms with Crippen molar-refractivity contribution in [3.05, 3.63) is 5.01 Å². The minimum atomic E-state index is -0.158. The molecular formula is C13H22N4O2S. The van der Waals surface area contributed by atoms with Crippen LogP contribution in [0, 0.1) is 5.92 Å². The van der Waals surface area contributed by atoms with Crippen molar-refractivity contribution in [3.63, 3.8) is 0 Å². The minimum Gasteiger partial charge on any atom is -0.381 e. The topological polar surface area (TPSA) is 76.1 Å². The summed E-state index contributed by atoms with van der Waals surface area (Å²) >= 11 is 1.28. The Morgan fingerprint density at radius 3 is 3.00 bits per heavy atom. The zero-order chi connectivity index (χ0) is 14.2. The molecule has 0 aliphatic heterocycles. The van der Waals surface area contributed by atoms with E-state index in [1.165, 1.54) is 24.2 Å². The summed E-state index contributed by atoms with van der Waals surface area (Å²) in [6.45, 7) is 5.11. The van der Waals surface area contributed by atoms with Gasteiger partial charge in [-0.3, -0.25) is 4.79 Å². The smallest absolute Gasteiger partial charge is 0.282 e. The molecule has 1 aliphatic rings. The van der Waals surface area contributed by atoms with Crippen molar-refractivity contribution in [1.29, 1.82) is 0 Å². The molecule has 2 rings (SSSR count). The monoisotopic (exact) mass is 298 g/mol. The molecule has 0 bridgehead atoms. The first-order valence-electron chi connectivity index (χ1n) is 7.23. The molecule has 0 atom stereocenters. The fourth-order valence-corrected chi connectivity index (χ4v) is 2.29. The fraction of sp³-hybridized carbons (Fsp3) is 0.769. The molecule has 2 N–H and O–H groups in total. The highest BCUT2D eigenvalue weighted by Gasteiger charge is 2.20. The molecule has 1 aromatic rings. The van der Waals surface area contributed by atoms with Crippen LogP contribution in [0.2, 0.25) is 0 Å². The zero-order valence-corrected chi connectivity index (χ0v) is 12.7. The molecular weight excluding hydrogens is 276 g/mol. The predicted molar refractivity (Wildman–Crippen MR) is 79.2 cm³/mol. The number of aromatic nitrogens is 2. The quantitative estimate of drug-likeness (QED) is 0.645. The van der Waals surface area contributed by atoms with Gasteiger partial charge in [-0.1, -0.05) is 18.3 Å². The summed E-state index contributed by atoms with van der Waals surface area (Å²) in [6, 6.07) is 0. The Morgan fingerprint density at radius 2 is 2.25 bits per heavy atom. The first-order chi connectivity index (χ1) is 9.79. The van der Waals surface area contributed by atoms with Crippen molar-refractivity contribution in [2.75, 3.05) is 31.6 Å². The number of carbonyl (C=O) groups is 1. The second-order valence-electron chi connectivity index (χ2n) is 4.97. The van der Waals surface area contributed by atoms with Gasteiger partial charge in [-0.15, -0.1) is 10.2 Å². The van der Waals surface area contributed by atoms with Crippen molar-refractivity contribution in [2.24, 2.45) is 5.92 Å². The fourth-order valence-electron chi connectivity index (χ4n) is 1.60. The van der Waals surface area contributed by atoms with Crippen LogP contribution in [0.5, 0.6) is 0 Å². The molecule has 6 nitrogen and oxygen atoms in total. The van der Waals surface area contributed by atoms with E-state index in [9.17, 15) is 4.79 Å². The molecule has 0 saturated heterocycles. The summed E-state index contributed by atoms with van der Waals surface area (Å²) in [7, 11) is 0. The molecule has 1 aromatic heterocycles. The summed E-state index contributed by atoms with van der Waals surface area (Å²) in [5.41, 5.74) is 0. The minimum absolute atomic E-state index is 0.158. The van der Waals surface area contributed by atoms with Gasteiger partial charge < -0.3 is 15.4 Å². The number of anilines is 1. The summed E-state index contributed by atoms with van der Waals surface area (Å²) in [4.78, 5) is 11.8. The van der Waals surface area contributed by atoms with Crippen molar-refractivity contribution in [3.8, 4) is 0 Å². The normalized spacial score (nSPS) is 14.2. The first kappa shape index (κ1) is 15.2. The van der Waals surface area contributed by atoms with Gasteiger partial charge in [0.05, 0.1) is 0 Å². The van der Waals surface area contributed by atoms with Crippen LogP contribution in [-0.2, 0) is 4.74 Å². The van der Waals surface area contributed by atoms with Crippen molar-refractivity contribution < 1.29 is 9.53 Å². The van der Waals surface area contributed by atoms with Gasteiger partial charge in [-0.25, -0.2) is 0 Å². The number of amides is 1. The molecule has 0 aromatic carbocycles. The second kappa shape index (κ2) is 8.16. The molecule has 1 saturated carbocycles. The number of hydrogen-bond acceptors (Lipinski definition) is 6. The van der Waals surface area contributed by atoms with E-state index in [0.29, 0.717) is 23.3 Å². The average Bonchev–Trinajstić information content (AvgIpc) is 3.16. The van der Waals surface area contributed by atoms with E-state index in [1.54, 1.807) is 0 Å². The molecule has 1 aliphatic carbocycles. The van der Waals surface area contributed by atoms with Gasteiger partial charge in [0.2, 0.25) is 10.1 Å². The van der Waals surface area contributed by atoms with Gasteiger partial charge in [0.15, 0.2) is 0 Å². The van der Waals surface area contributed by atoms with Gasteiger partial charge in [0, 0.05) is 26.3 Å². The third-order valence-corrected chi connectivity index (χ3v) is 3.83. The van der Waals surface area contributed by atoms with Crippen LogP contribution in [0.4, 0.5) is 5.13 Å². The first-order valence-corrected chi connectivity index (χ1v) is 8.04. The number of nitrogens with zero attached hydrogens (tertiary/aromatic N) is 2. The van der Waals surface area contributed by atoms with E-state index in [4.69, 9.17) is 4.74 Å². The highest BCUT2D eigenvalue weighted by Crippen LogP contribution is 2.28. The lowest BCUT2D eigenvalue weighted by Crippen LogP contribution is -2.25. The van der Waals surface area contributed by atoms with Crippen LogP contribution in [0.15, 0.2) is 0 Å². The number of carbonyl (C=O) groups excluding carboxylic acids is 1. The van der Waals surface area contributed by atoms with Crippen molar-refractivity contribution in [1.82, 2.24) is 15.5 Å². The predicted octanol–water partition coefficient (Wildman–Crippen LogP) is 1.91. The van der Waals surface area contributed by atoms with E-state index < -0.39 is 0 Å². The maximum absolute atomic E-state index is 11.8. The van der Waals surface area contributed by atoms with Crippen LogP contribution in [0.3, 0.4) is 0 Å². The summed E-state index contributed by atoms with van der Waals surface area (Å²) in [6.07, 6.45) is 4.46. The van der Waals surface area contributed by atoms with Crippen molar-refractivity contribution in [2.45, 2.75) is 32.6 Å². The molecule has 112 valence electrons. The molecule has 0 radical (unpaired) electrons. The van der Waals surface area contributed by atoms with Gasteiger partial charge >= 0.3 is 0 Å². The Kier molecular flexibility index (Phi) is 6.20. The van der Waals surface area contributed by atoms with Gasteiger partial charge in [-0.2, -0.15) is 0 Å². The number of ether oxygens (including phenoxy) is 1. The lowest BCUT2D eigenvalue weighted by molar-refractivity contribution is 0.0936. The lowest BCUT2D eigenvalue weighted by Gasteiger charge is -2.04. The van der Waals surface area contributed by atoms with E-state index >= 15 is 0 Å². The van der Waals surface area contributed by atoms with Crippen molar-refractivity contribution >= 4 is 22.4 Å². The van der Waals surface area contributed by atoms with E-state index in [0.717, 1.165) is 31.9 Å². The molecule has 1 fully saturated rings. The molecule has 20 heavy (non-hydrogen) atoms.